The lowest BCUT2D eigenvalue weighted by atomic mass is 9.69. The number of benzene rings is 1. The number of carbonyl (C=O) groups is 1. The number of ether oxygens (including phenoxy) is 1. The van der Waals surface area contributed by atoms with Crippen molar-refractivity contribution in [2.45, 2.75) is 64.3 Å². The van der Waals surface area contributed by atoms with Crippen molar-refractivity contribution in [3.05, 3.63) is 24.3 Å². The topological polar surface area (TPSA) is 84.5 Å². The number of nitrogens with one attached hydrogen (secondary N) is 2. The van der Waals surface area contributed by atoms with Gasteiger partial charge in [0.25, 0.3) is 0 Å². The molecule has 1 aromatic carbocycles. The lowest BCUT2D eigenvalue weighted by Gasteiger charge is -2.36. The molecule has 6 nitrogen and oxygen atoms in total. The van der Waals surface area contributed by atoms with Gasteiger partial charge in [0.1, 0.15) is 0 Å². The van der Waals surface area contributed by atoms with Crippen LogP contribution in [-0.2, 0) is 19.6 Å². The van der Waals surface area contributed by atoms with Crippen molar-refractivity contribution in [3.8, 4) is 0 Å². The zero-order valence-corrected chi connectivity index (χ0v) is 18.4. The van der Waals surface area contributed by atoms with Crippen molar-refractivity contribution < 1.29 is 17.9 Å². The number of amides is 1. The molecule has 2 N–H and O–H groups in total. The van der Waals surface area contributed by atoms with Gasteiger partial charge in [-0.25, -0.2) is 13.1 Å². The van der Waals surface area contributed by atoms with E-state index in [1.165, 1.54) is 19.2 Å². The SMILES string of the molecule is COCC(C)NS(=O)(=O)c1ccc(NC(=O)C2CCC(C(C)(C)C)CC2)cc1. The zero-order valence-electron chi connectivity index (χ0n) is 17.6. The molecule has 1 atom stereocenters. The van der Waals surface area contributed by atoms with Crippen LogP contribution in [0.15, 0.2) is 29.2 Å². The molecule has 158 valence electrons. The second kappa shape index (κ2) is 9.37. The normalized spacial score (nSPS) is 21.9. The standard InChI is InChI=1S/C21H34N2O4S/c1-15(14-27-5)23-28(25,26)19-12-10-18(11-13-19)22-20(24)16-6-8-17(9-7-16)21(2,3)4/h10-13,15-17,23H,6-9,14H2,1-5H3,(H,22,24). The maximum absolute atomic E-state index is 12.6. The van der Waals surface area contributed by atoms with Gasteiger partial charge in [0.05, 0.1) is 11.5 Å². The van der Waals surface area contributed by atoms with Gasteiger partial charge in [0.2, 0.25) is 15.9 Å². The first-order valence-corrected chi connectivity index (χ1v) is 11.4. The monoisotopic (exact) mass is 410 g/mol. The van der Waals surface area contributed by atoms with Crippen molar-refractivity contribution in [2.24, 2.45) is 17.3 Å². The van der Waals surface area contributed by atoms with Crippen LogP contribution in [0, 0.1) is 17.3 Å². The van der Waals surface area contributed by atoms with E-state index in [1.54, 1.807) is 19.1 Å². The zero-order chi connectivity index (χ0) is 20.9. The van der Waals surface area contributed by atoms with E-state index in [-0.39, 0.29) is 28.2 Å². The van der Waals surface area contributed by atoms with Crippen LogP contribution in [0.2, 0.25) is 0 Å². The Morgan fingerprint density at radius 1 is 1.14 bits per heavy atom. The Morgan fingerprint density at radius 2 is 1.71 bits per heavy atom. The summed E-state index contributed by atoms with van der Waals surface area (Å²) in [5.41, 5.74) is 0.907. The molecule has 0 heterocycles. The minimum absolute atomic E-state index is 0.0230. The Kier molecular flexibility index (Phi) is 7.65. The van der Waals surface area contributed by atoms with Crippen LogP contribution in [0.1, 0.15) is 53.4 Å². The number of rotatable bonds is 7. The van der Waals surface area contributed by atoms with Gasteiger partial charge >= 0.3 is 0 Å². The largest absolute Gasteiger partial charge is 0.383 e. The highest BCUT2D eigenvalue weighted by Crippen LogP contribution is 2.40. The molecule has 1 fully saturated rings. The summed E-state index contributed by atoms with van der Waals surface area (Å²) in [6, 6.07) is 5.96. The van der Waals surface area contributed by atoms with Gasteiger partial charge in [0, 0.05) is 24.8 Å². The first-order valence-electron chi connectivity index (χ1n) is 9.95. The van der Waals surface area contributed by atoms with E-state index in [2.05, 4.69) is 30.8 Å². The highest BCUT2D eigenvalue weighted by atomic mass is 32.2. The minimum Gasteiger partial charge on any atom is -0.383 e. The molecule has 0 spiro atoms. The van der Waals surface area contributed by atoms with E-state index in [0.717, 1.165) is 25.7 Å². The van der Waals surface area contributed by atoms with Gasteiger partial charge < -0.3 is 10.1 Å². The molecular weight excluding hydrogens is 376 g/mol. The fourth-order valence-corrected chi connectivity index (χ4v) is 5.03. The Bertz CT molecular complexity index is 746. The summed E-state index contributed by atoms with van der Waals surface area (Å²) in [6.07, 6.45) is 3.96. The summed E-state index contributed by atoms with van der Waals surface area (Å²) in [6.45, 7) is 8.82. The van der Waals surface area contributed by atoms with Crippen molar-refractivity contribution >= 4 is 21.6 Å². The number of anilines is 1. The minimum atomic E-state index is -3.61. The Balaban J connectivity index is 1.93. The van der Waals surface area contributed by atoms with Crippen molar-refractivity contribution in [1.82, 2.24) is 4.72 Å². The smallest absolute Gasteiger partial charge is 0.240 e. The Morgan fingerprint density at radius 3 is 2.21 bits per heavy atom. The molecule has 7 heteroatoms. The summed E-state index contributed by atoms with van der Waals surface area (Å²) in [5, 5.41) is 2.93. The van der Waals surface area contributed by atoms with Crippen molar-refractivity contribution in [3.63, 3.8) is 0 Å². The highest BCUT2D eigenvalue weighted by Gasteiger charge is 2.32. The van der Waals surface area contributed by atoms with Crippen LogP contribution >= 0.6 is 0 Å². The van der Waals surface area contributed by atoms with E-state index >= 15 is 0 Å². The average Bonchev–Trinajstić information content (AvgIpc) is 2.61. The molecule has 0 saturated heterocycles. The fourth-order valence-electron chi connectivity index (χ4n) is 3.80. The van der Waals surface area contributed by atoms with Gasteiger partial charge in [-0.3, -0.25) is 4.79 Å². The third-order valence-corrected chi connectivity index (χ3v) is 7.13. The maximum Gasteiger partial charge on any atom is 0.240 e. The molecule has 0 aromatic heterocycles. The molecular formula is C21H34N2O4S. The average molecular weight is 411 g/mol. The molecule has 1 saturated carbocycles. The molecule has 1 unspecified atom stereocenters. The van der Waals surface area contributed by atoms with E-state index in [9.17, 15) is 13.2 Å². The predicted molar refractivity (Wildman–Crippen MR) is 112 cm³/mol. The van der Waals surface area contributed by atoms with E-state index in [1.807, 2.05) is 0 Å². The highest BCUT2D eigenvalue weighted by molar-refractivity contribution is 7.89. The van der Waals surface area contributed by atoms with Crippen molar-refractivity contribution in [1.29, 1.82) is 0 Å². The molecule has 0 radical (unpaired) electrons. The summed E-state index contributed by atoms with van der Waals surface area (Å²) in [7, 11) is -2.08. The van der Waals surface area contributed by atoms with Crippen molar-refractivity contribution in [2.75, 3.05) is 19.0 Å². The summed E-state index contributed by atoms with van der Waals surface area (Å²) in [4.78, 5) is 12.7. The number of carbonyl (C=O) groups excluding carboxylic acids is 1. The van der Waals surface area contributed by atoms with Gasteiger partial charge in [-0.1, -0.05) is 20.8 Å². The van der Waals surface area contributed by atoms with Crippen LogP contribution in [0.5, 0.6) is 0 Å². The Labute approximate surface area is 169 Å². The van der Waals surface area contributed by atoms with Gasteiger partial charge in [-0.05, 0) is 68.2 Å². The summed E-state index contributed by atoms with van der Waals surface area (Å²) < 4.78 is 32.2. The van der Waals surface area contributed by atoms with Gasteiger partial charge in [-0.2, -0.15) is 0 Å². The molecule has 0 aliphatic heterocycles. The van der Waals surface area contributed by atoms with E-state index in [0.29, 0.717) is 18.2 Å². The van der Waals surface area contributed by atoms with E-state index < -0.39 is 10.0 Å². The third-order valence-electron chi connectivity index (χ3n) is 5.53. The molecule has 1 aliphatic rings. The number of hydrogen-bond acceptors (Lipinski definition) is 4. The second-order valence-electron chi connectivity index (χ2n) is 8.91. The van der Waals surface area contributed by atoms with Crippen LogP contribution in [0.3, 0.4) is 0 Å². The van der Waals surface area contributed by atoms with E-state index in [4.69, 9.17) is 4.74 Å². The maximum atomic E-state index is 12.6. The van der Waals surface area contributed by atoms with Gasteiger partial charge in [0.15, 0.2) is 0 Å². The molecule has 2 rings (SSSR count). The number of hydrogen-bond donors (Lipinski definition) is 2. The third kappa shape index (κ3) is 6.29. The fraction of sp³-hybridized carbons (Fsp3) is 0.667. The summed E-state index contributed by atoms with van der Waals surface area (Å²) >= 11 is 0. The molecule has 1 aliphatic carbocycles. The Hall–Kier alpha value is -1.44. The quantitative estimate of drug-likeness (QED) is 0.716. The first-order chi connectivity index (χ1) is 13.0. The summed E-state index contributed by atoms with van der Waals surface area (Å²) in [5.74, 6) is 0.711. The first kappa shape index (κ1) is 22.8. The molecule has 1 amide bonds. The van der Waals surface area contributed by atoms with Gasteiger partial charge in [-0.15, -0.1) is 0 Å². The number of methoxy groups -OCH3 is 1. The van der Waals surface area contributed by atoms with Crippen LogP contribution in [0.25, 0.3) is 0 Å². The number of sulfonamides is 1. The van der Waals surface area contributed by atoms with Crippen LogP contribution < -0.4 is 10.0 Å². The lowest BCUT2D eigenvalue weighted by Crippen LogP contribution is -2.35. The predicted octanol–water partition coefficient (Wildman–Crippen LogP) is 3.79. The lowest BCUT2D eigenvalue weighted by molar-refractivity contribution is -0.121. The second-order valence-corrected chi connectivity index (χ2v) is 10.6. The molecule has 0 bridgehead atoms. The molecule has 28 heavy (non-hydrogen) atoms. The van der Waals surface area contributed by atoms with Crippen LogP contribution in [0.4, 0.5) is 5.69 Å². The van der Waals surface area contributed by atoms with Crippen LogP contribution in [-0.4, -0.2) is 34.1 Å². The molecule has 1 aromatic rings.